The summed E-state index contributed by atoms with van der Waals surface area (Å²) >= 11 is 0. The van der Waals surface area contributed by atoms with Gasteiger partial charge in [-0.15, -0.1) is 0 Å². The highest BCUT2D eigenvalue weighted by molar-refractivity contribution is 5.92. The van der Waals surface area contributed by atoms with Crippen molar-refractivity contribution in [1.82, 2.24) is 25.1 Å². The van der Waals surface area contributed by atoms with E-state index in [1.807, 2.05) is 0 Å². The number of carbonyl (C=O) groups excluding carboxylic acids is 1. The maximum atomic E-state index is 11.8. The molecule has 2 heterocycles. The van der Waals surface area contributed by atoms with Gasteiger partial charge in [-0.1, -0.05) is 0 Å². The Bertz CT molecular complexity index is 616. The monoisotopic (exact) mass is 277 g/mol. The third-order valence-electron chi connectivity index (χ3n) is 2.57. The number of rotatable bonds is 4. The molecule has 1 N–H and O–H groups in total. The molecule has 0 radical (unpaired) electrons. The number of amides is 1. The van der Waals surface area contributed by atoms with E-state index in [4.69, 9.17) is 9.47 Å². The molecule has 2 aromatic rings. The van der Waals surface area contributed by atoms with Gasteiger partial charge in [0.1, 0.15) is 5.69 Å². The van der Waals surface area contributed by atoms with Crippen molar-refractivity contribution >= 4 is 5.91 Å². The topological polar surface area (TPSA) is 91.2 Å². The van der Waals surface area contributed by atoms with Gasteiger partial charge in [-0.05, 0) is 13.0 Å². The summed E-state index contributed by atoms with van der Waals surface area (Å²) in [6.45, 7) is 1.78. The second-order valence-electron chi connectivity index (χ2n) is 3.91. The van der Waals surface area contributed by atoms with Gasteiger partial charge in [0.25, 0.3) is 11.9 Å². The van der Waals surface area contributed by atoms with E-state index < -0.39 is 0 Å². The summed E-state index contributed by atoms with van der Waals surface area (Å²) in [5.74, 6) is 0.564. The van der Waals surface area contributed by atoms with E-state index in [1.54, 1.807) is 26.1 Å². The van der Waals surface area contributed by atoms with Crippen LogP contribution >= 0.6 is 0 Å². The number of nitrogens with one attached hydrogen (secondary N) is 1. The summed E-state index contributed by atoms with van der Waals surface area (Å²) in [6.07, 6.45) is 0. The van der Waals surface area contributed by atoms with Crippen LogP contribution in [0.4, 0.5) is 0 Å². The number of hydrogen-bond donors (Lipinski definition) is 1. The Kier molecular flexibility index (Phi) is 3.83. The Morgan fingerprint density at radius 3 is 2.30 bits per heavy atom. The molecule has 0 aliphatic rings. The summed E-state index contributed by atoms with van der Waals surface area (Å²) in [5.41, 5.74) is 1.01. The summed E-state index contributed by atoms with van der Waals surface area (Å²) in [4.78, 5) is 20.2. The molecule has 1 amide bonds. The lowest BCUT2D eigenvalue weighted by molar-refractivity contribution is 0.0955. The SMILES string of the molecule is CNC(=O)c1cc(C)nn1-c1nc(OC)cc(OC)n1. The minimum Gasteiger partial charge on any atom is -0.481 e. The van der Waals surface area contributed by atoms with Gasteiger partial charge in [0.2, 0.25) is 11.8 Å². The van der Waals surface area contributed by atoms with E-state index in [9.17, 15) is 4.79 Å². The van der Waals surface area contributed by atoms with Gasteiger partial charge >= 0.3 is 0 Å². The molecule has 0 fully saturated rings. The Morgan fingerprint density at radius 2 is 1.80 bits per heavy atom. The van der Waals surface area contributed by atoms with Crippen molar-refractivity contribution < 1.29 is 14.3 Å². The predicted octanol–water partition coefficient (Wildman–Crippen LogP) is 0.348. The van der Waals surface area contributed by atoms with E-state index in [0.29, 0.717) is 23.1 Å². The molecule has 0 saturated carbocycles. The molecule has 2 rings (SSSR count). The number of ether oxygens (including phenoxy) is 2. The zero-order valence-corrected chi connectivity index (χ0v) is 11.7. The highest BCUT2D eigenvalue weighted by Crippen LogP contribution is 2.18. The van der Waals surface area contributed by atoms with Gasteiger partial charge < -0.3 is 14.8 Å². The highest BCUT2D eigenvalue weighted by Gasteiger charge is 2.17. The first-order valence-electron chi connectivity index (χ1n) is 5.85. The van der Waals surface area contributed by atoms with E-state index in [-0.39, 0.29) is 11.9 Å². The molecule has 20 heavy (non-hydrogen) atoms. The van der Waals surface area contributed by atoms with Gasteiger partial charge in [0.15, 0.2) is 0 Å². The molecule has 106 valence electrons. The number of aromatic nitrogens is 4. The Balaban J connectivity index is 2.58. The van der Waals surface area contributed by atoms with Gasteiger partial charge in [0.05, 0.1) is 26.0 Å². The Hall–Kier alpha value is -2.64. The van der Waals surface area contributed by atoms with Gasteiger partial charge in [-0.2, -0.15) is 19.7 Å². The van der Waals surface area contributed by atoms with Crippen LogP contribution in [0.2, 0.25) is 0 Å². The van der Waals surface area contributed by atoms with Crippen molar-refractivity contribution in [3.8, 4) is 17.7 Å². The van der Waals surface area contributed by atoms with Crippen LogP contribution < -0.4 is 14.8 Å². The fraction of sp³-hybridized carbons (Fsp3) is 0.333. The lowest BCUT2D eigenvalue weighted by Crippen LogP contribution is -2.22. The maximum absolute atomic E-state index is 11.8. The van der Waals surface area contributed by atoms with Crippen LogP contribution in [0.1, 0.15) is 16.2 Å². The van der Waals surface area contributed by atoms with Crippen molar-refractivity contribution in [2.45, 2.75) is 6.92 Å². The molecular weight excluding hydrogens is 262 g/mol. The molecule has 0 bridgehead atoms. The third-order valence-corrected chi connectivity index (χ3v) is 2.57. The van der Waals surface area contributed by atoms with E-state index >= 15 is 0 Å². The van der Waals surface area contributed by atoms with Gasteiger partial charge in [0, 0.05) is 7.05 Å². The summed E-state index contributed by atoms with van der Waals surface area (Å²) in [6, 6.07) is 3.19. The van der Waals surface area contributed by atoms with Crippen LogP contribution in [-0.2, 0) is 0 Å². The third kappa shape index (κ3) is 2.53. The smallest absolute Gasteiger partial charge is 0.269 e. The van der Waals surface area contributed by atoms with Crippen LogP contribution in [0.5, 0.6) is 11.8 Å². The highest BCUT2D eigenvalue weighted by atomic mass is 16.5. The van der Waals surface area contributed by atoms with Gasteiger partial charge in [-0.25, -0.2) is 0 Å². The molecule has 2 aromatic heterocycles. The number of hydrogen-bond acceptors (Lipinski definition) is 6. The first kappa shape index (κ1) is 13.8. The molecule has 8 heteroatoms. The molecule has 0 aliphatic heterocycles. The lowest BCUT2D eigenvalue weighted by atomic mass is 10.3. The van der Waals surface area contributed by atoms with Crippen LogP contribution in [-0.4, -0.2) is 46.9 Å². The quantitative estimate of drug-likeness (QED) is 0.867. The summed E-state index contributed by atoms with van der Waals surface area (Å²) < 4.78 is 11.5. The Labute approximate surface area is 115 Å². The van der Waals surface area contributed by atoms with Crippen molar-refractivity contribution in [2.75, 3.05) is 21.3 Å². The van der Waals surface area contributed by atoms with Crippen molar-refractivity contribution in [3.63, 3.8) is 0 Å². The number of methoxy groups -OCH3 is 2. The minimum atomic E-state index is -0.281. The fourth-order valence-corrected chi connectivity index (χ4v) is 1.64. The van der Waals surface area contributed by atoms with Crippen molar-refractivity contribution in [2.24, 2.45) is 0 Å². The molecule has 8 nitrogen and oxygen atoms in total. The molecule has 0 saturated heterocycles. The molecule has 0 aliphatic carbocycles. The largest absolute Gasteiger partial charge is 0.481 e. The van der Waals surface area contributed by atoms with E-state index in [1.165, 1.54) is 18.9 Å². The predicted molar refractivity (Wildman–Crippen MR) is 70.4 cm³/mol. The first-order valence-corrected chi connectivity index (χ1v) is 5.85. The zero-order valence-electron chi connectivity index (χ0n) is 11.7. The number of carbonyl (C=O) groups is 1. The molecule has 0 unspecified atom stereocenters. The van der Waals surface area contributed by atoms with Crippen molar-refractivity contribution in [3.05, 3.63) is 23.5 Å². The van der Waals surface area contributed by atoms with Crippen LogP contribution in [0.15, 0.2) is 12.1 Å². The van der Waals surface area contributed by atoms with Crippen LogP contribution in [0.25, 0.3) is 5.95 Å². The molecular formula is C12H15N5O3. The first-order chi connectivity index (χ1) is 9.58. The Morgan fingerprint density at radius 1 is 1.20 bits per heavy atom. The molecule has 0 aromatic carbocycles. The summed E-state index contributed by atoms with van der Waals surface area (Å²) in [5, 5.41) is 6.76. The number of nitrogens with zero attached hydrogens (tertiary/aromatic N) is 4. The van der Waals surface area contributed by atoms with Crippen molar-refractivity contribution in [1.29, 1.82) is 0 Å². The minimum absolute atomic E-state index is 0.202. The average Bonchev–Trinajstić information content (AvgIpc) is 2.87. The van der Waals surface area contributed by atoms with Crippen LogP contribution in [0, 0.1) is 6.92 Å². The fourth-order valence-electron chi connectivity index (χ4n) is 1.64. The molecule has 0 atom stereocenters. The van der Waals surface area contributed by atoms with E-state index in [0.717, 1.165) is 0 Å². The number of aryl methyl sites for hydroxylation is 1. The summed E-state index contributed by atoms with van der Waals surface area (Å²) in [7, 11) is 4.52. The van der Waals surface area contributed by atoms with Crippen LogP contribution in [0.3, 0.4) is 0 Å². The maximum Gasteiger partial charge on any atom is 0.269 e. The molecule has 0 spiro atoms. The lowest BCUT2D eigenvalue weighted by Gasteiger charge is -2.08. The normalized spacial score (nSPS) is 10.2. The van der Waals surface area contributed by atoms with E-state index in [2.05, 4.69) is 20.4 Å². The van der Waals surface area contributed by atoms with Gasteiger partial charge in [-0.3, -0.25) is 4.79 Å². The second kappa shape index (κ2) is 5.55. The zero-order chi connectivity index (χ0) is 14.7. The second-order valence-corrected chi connectivity index (χ2v) is 3.91. The average molecular weight is 277 g/mol. The standard InChI is InChI=1S/C12H15N5O3/c1-7-5-8(11(18)13-2)17(16-7)12-14-9(19-3)6-10(15-12)20-4/h5-6H,1-4H3,(H,13,18).